The number of nitrogens with zero attached hydrogens (tertiary/aromatic N) is 4. The Morgan fingerprint density at radius 1 is 1.18 bits per heavy atom. The molecule has 0 saturated carbocycles. The summed E-state index contributed by atoms with van der Waals surface area (Å²) in [5.41, 5.74) is -0.294. The molecule has 28 heavy (non-hydrogen) atoms. The molecule has 2 heterocycles. The minimum Gasteiger partial charge on any atom is -0.442 e. The third-order valence-electron chi connectivity index (χ3n) is 4.15. The normalized spacial score (nSPS) is 16.4. The van der Waals surface area contributed by atoms with Gasteiger partial charge >= 0.3 is 6.09 Å². The molecule has 8 heteroatoms. The largest absolute Gasteiger partial charge is 0.442 e. The lowest BCUT2D eigenvalue weighted by Crippen LogP contribution is -2.53. The lowest BCUT2D eigenvalue weighted by Gasteiger charge is -2.36. The predicted octanol–water partition coefficient (Wildman–Crippen LogP) is 3.95. The zero-order valence-corrected chi connectivity index (χ0v) is 16.6. The number of hydrogen-bond donors (Lipinski definition) is 0. The van der Waals surface area contributed by atoms with Crippen LogP contribution in [0, 0.1) is 5.82 Å². The molecule has 0 radical (unpaired) electrons. The monoisotopic (exact) mass is 386 g/mol. The van der Waals surface area contributed by atoms with Crippen LogP contribution in [0.25, 0.3) is 11.1 Å². The molecule has 0 bridgehead atoms. The fourth-order valence-corrected chi connectivity index (χ4v) is 2.98. The van der Waals surface area contributed by atoms with E-state index in [-0.39, 0.29) is 24.1 Å². The van der Waals surface area contributed by atoms with Gasteiger partial charge in [0, 0.05) is 18.0 Å². The van der Waals surface area contributed by atoms with E-state index in [1.165, 1.54) is 29.5 Å². The number of hydrazine groups is 1. The average molecular weight is 386 g/mol. The molecule has 1 fully saturated rings. The Morgan fingerprint density at radius 2 is 1.82 bits per heavy atom. The molecule has 148 valence electrons. The van der Waals surface area contributed by atoms with Gasteiger partial charge in [0.15, 0.2) is 0 Å². The minimum atomic E-state index is -0.788. The van der Waals surface area contributed by atoms with Crippen LogP contribution in [-0.2, 0) is 9.53 Å². The van der Waals surface area contributed by atoms with Gasteiger partial charge in [0.25, 0.3) is 11.9 Å². The molecular weight excluding hydrogens is 363 g/mol. The highest BCUT2D eigenvalue weighted by molar-refractivity contribution is 5.98. The molecule has 0 N–H and O–H groups in total. The van der Waals surface area contributed by atoms with Crippen LogP contribution in [0.3, 0.4) is 0 Å². The maximum absolute atomic E-state index is 13.4. The molecule has 0 unspecified atom stereocenters. The lowest BCUT2D eigenvalue weighted by molar-refractivity contribution is -0.118. The SMILES string of the molecule is CC(C)(C)OC(=O)N1N(c2ncc(-c3cccc(F)c3)cn2)C(=O)CC1(C)C. The average Bonchev–Trinajstić information content (AvgIpc) is 2.82. The van der Waals surface area contributed by atoms with Gasteiger partial charge in [-0.05, 0) is 52.3 Å². The number of amides is 2. The molecular formula is C20H23FN4O3. The topological polar surface area (TPSA) is 75.6 Å². The molecule has 2 amide bonds. The molecule has 1 aliphatic heterocycles. The van der Waals surface area contributed by atoms with E-state index >= 15 is 0 Å². The zero-order valence-electron chi connectivity index (χ0n) is 16.6. The first-order valence-electron chi connectivity index (χ1n) is 8.92. The van der Waals surface area contributed by atoms with E-state index in [1.807, 2.05) is 0 Å². The van der Waals surface area contributed by atoms with Crippen LogP contribution in [0.2, 0.25) is 0 Å². The number of ether oxygens (including phenoxy) is 1. The van der Waals surface area contributed by atoms with E-state index in [0.717, 1.165) is 5.01 Å². The number of aromatic nitrogens is 2. The summed E-state index contributed by atoms with van der Waals surface area (Å²) in [5, 5.41) is 2.39. The van der Waals surface area contributed by atoms with Crippen LogP contribution in [-0.4, -0.2) is 38.1 Å². The Kier molecular flexibility index (Phi) is 4.82. The summed E-state index contributed by atoms with van der Waals surface area (Å²) >= 11 is 0. The molecule has 7 nitrogen and oxygen atoms in total. The van der Waals surface area contributed by atoms with E-state index < -0.39 is 17.2 Å². The van der Waals surface area contributed by atoms with E-state index in [4.69, 9.17) is 4.74 Å². The van der Waals surface area contributed by atoms with Crippen molar-refractivity contribution in [3.05, 3.63) is 42.5 Å². The van der Waals surface area contributed by atoms with E-state index in [1.54, 1.807) is 46.8 Å². The van der Waals surface area contributed by atoms with Gasteiger partial charge in [-0.2, -0.15) is 5.01 Å². The maximum atomic E-state index is 13.4. The van der Waals surface area contributed by atoms with Gasteiger partial charge in [0.05, 0.1) is 12.0 Å². The number of carbonyl (C=O) groups excluding carboxylic acids is 2. The van der Waals surface area contributed by atoms with E-state index in [0.29, 0.717) is 11.1 Å². The van der Waals surface area contributed by atoms with Crippen LogP contribution in [0.15, 0.2) is 36.7 Å². The van der Waals surface area contributed by atoms with Crippen molar-refractivity contribution < 1.29 is 18.7 Å². The number of benzene rings is 1. The summed E-state index contributed by atoms with van der Waals surface area (Å²) in [6.07, 6.45) is 2.44. The number of carbonyl (C=O) groups is 2. The first-order chi connectivity index (χ1) is 13.0. The summed E-state index contributed by atoms with van der Waals surface area (Å²) in [6, 6.07) is 6.05. The van der Waals surface area contributed by atoms with Crippen LogP contribution in [0.1, 0.15) is 41.0 Å². The first kappa shape index (κ1) is 19.7. The Bertz CT molecular complexity index is 906. The Balaban J connectivity index is 1.93. The second-order valence-corrected chi connectivity index (χ2v) is 8.27. The first-order valence-corrected chi connectivity index (χ1v) is 8.92. The van der Waals surface area contributed by atoms with Gasteiger partial charge in [-0.1, -0.05) is 12.1 Å². The number of hydrogen-bond acceptors (Lipinski definition) is 5. The van der Waals surface area contributed by atoms with E-state index in [9.17, 15) is 14.0 Å². The Hall–Kier alpha value is -3.03. The van der Waals surface area contributed by atoms with Crippen molar-refractivity contribution in [1.82, 2.24) is 15.0 Å². The number of halogens is 1. The second-order valence-electron chi connectivity index (χ2n) is 8.27. The third-order valence-corrected chi connectivity index (χ3v) is 4.15. The van der Waals surface area contributed by atoms with Gasteiger partial charge in [-0.3, -0.25) is 4.79 Å². The van der Waals surface area contributed by atoms with Crippen molar-refractivity contribution in [2.24, 2.45) is 0 Å². The van der Waals surface area contributed by atoms with Crippen molar-refractivity contribution >= 4 is 17.9 Å². The Morgan fingerprint density at radius 3 is 2.39 bits per heavy atom. The maximum Gasteiger partial charge on any atom is 0.430 e. The van der Waals surface area contributed by atoms with Crippen LogP contribution >= 0.6 is 0 Å². The molecule has 2 aromatic rings. The highest BCUT2D eigenvalue weighted by Gasteiger charge is 2.50. The van der Waals surface area contributed by atoms with Crippen LogP contribution in [0.5, 0.6) is 0 Å². The van der Waals surface area contributed by atoms with Crippen molar-refractivity contribution in [2.75, 3.05) is 5.01 Å². The standard InChI is InChI=1S/C20H23FN4O3/c1-19(2,3)28-18(27)25-20(4,5)10-16(26)24(25)17-22-11-14(12-23-17)13-7-6-8-15(21)9-13/h6-9,11-12H,10H2,1-5H3. The fraction of sp³-hybridized carbons (Fsp3) is 0.400. The van der Waals surface area contributed by atoms with Crippen molar-refractivity contribution in [1.29, 1.82) is 0 Å². The predicted molar refractivity (Wildman–Crippen MR) is 102 cm³/mol. The summed E-state index contributed by atoms with van der Waals surface area (Å²) in [5.74, 6) is -0.620. The van der Waals surface area contributed by atoms with Crippen LogP contribution < -0.4 is 5.01 Å². The highest BCUT2D eigenvalue weighted by atomic mass is 19.1. The summed E-state index contributed by atoms with van der Waals surface area (Å²) < 4.78 is 18.9. The number of rotatable bonds is 2. The van der Waals surface area contributed by atoms with Crippen molar-refractivity contribution in [2.45, 2.75) is 52.2 Å². The smallest absolute Gasteiger partial charge is 0.430 e. The summed E-state index contributed by atoms with van der Waals surface area (Å²) in [4.78, 5) is 33.8. The van der Waals surface area contributed by atoms with Gasteiger partial charge in [0.1, 0.15) is 11.4 Å². The summed E-state index contributed by atoms with van der Waals surface area (Å²) in [7, 11) is 0. The van der Waals surface area contributed by atoms with Crippen LogP contribution in [0.4, 0.5) is 15.1 Å². The molecule has 3 rings (SSSR count). The molecule has 1 aliphatic rings. The molecule has 1 saturated heterocycles. The third kappa shape index (κ3) is 3.95. The zero-order chi connectivity index (χ0) is 20.7. The molecule has 0 atom stereocenters. The fourth-order valence-electron chi connectivity index (χ4n) is 2.98. The van der Waals surface area contributed by atoms with Gasteiger partial charge in [-0.25, -0.2) is 24.2 Å². The van der Waals surface area contributed by atoms with Gasteiger partial charge in [0.2, 0.25) is 0 Å². The summed E-state index contributed by atoms with van der Waals surface area (Å²) in [6.45, 7) is 8.81. The molecule has 1 aromatic heterocycles. The molecule has 1 aromatic carbocycles. The van der Waals surface area contributed by atoms with E-state index in [2.05, 4.69) is 9.97 Å². The minimum absolute atomic E-state index is 0.0570. The lowest BCUT2D eigenvalue weighted by atomic mass is 10.0. The number of anilines is 1. The Labute approximate surface area is 163 Å². The van der Waals surface area contributed by atoms with Crippen molar-refractivity contribution in [3.63, 3.8) is 0 Å². The quantitative estimate of drug-likeness (QED) is 0.781. The second kappa shape index (κ2) is 6.85. The molecule has 0 aliphatic carbocycles. The highest BCUT2D eigenvalue weighted by Crippen LogP contribution is 2.34. The molecule has 0 spiro atoms. The van der Waals surface area contributed by atoms with Crippen molar-refractivity contribution in [3.8, 4) is 11.1 Å². The van der Waals surface area contributed by atoms with Gasteiger partial charge < -0.3 is 4.74 Å². The van der Waals surface area contributed by atoms with Gasteiger partial charge in [-0.15, -0.1) is 0 Å².